The second-order valence-electron chi connectivity index (χ2n) is 7.53. The Kier molecular flexibility index (Phi) is 3.52. The summed E-state index contributed by atoms with van der Waals surface area (Å²) in [5.41, 5.74) is 3.66. The molecule has 5 rings (SSSR count). The van der Waals surface area contributed by atoms with Gasteiger partial charge in [-0.25, -0.2) is 0 Å². The van der Waals surface area contributed by atoms with E-state index in [1.54, 1.807) is 12.2 Å². The van der Waals surface area contributed by atoms with Crippen molar-refractivity contribution in [1.29, 1.82) is 0 Å². The summed E-state index contributed by atoms with van der Waals surface area (Å²) in [5.74, 6) is 3.13. The van der Waals surface area contributed by atoms with Crippen molar-refractivity contribution in [2.24, 2.45) is 5.92 Å². The highest BCUT2D eigenvalue weighted by molar-refractivity contribution is 5.92. The molecule has 1 N–H and O–H groups in total. The van der Waals surface area contributed by atoms with Crippen molar-refractivity contribution in [1.82, 2.24) is 9.88 Å². The first-order valence-electron chi connectivity index (χ1n) is 9.34. The fourth-order valence-electron chi connectivity index (χ4n) is 3.99. The minimum atomic E-state index is 0.0404. The van der Waals surface area contributed by atoms with E-state index in [1.165, 1.54) is 23.1 Å². The molecule has 1 aliphatic carbocycles. The fourth-order valence-corrected chi connectivity index (χ4v) is 3.99. The maximum absolute atomic E-state index is 12.6. The summed E-state index contributed by atoms with van der Waals surface area (Å²) in [6.07, 6.45) is 5.51. The minimum Gasteiger partial charge on any atom is -0.461 e. The molecular formula is C22H22N2O2. The Morgan fingerprint density at radius 2 is 2.12 bits per heavy atom. The summed E-state index contributed by atoms with van der Waals surface area (Å²) in [4.78, 5) is 18.0. The number of carbonyl (C=O) groups excluding carboxylic acids is 1. The van der Waals surface area contributed by atoms with Crippen LogP contribution in [0.25, 0.3) is 17.0 Å². The Labute approximate surface area is 152 Å². The van der Waals surface area contributed by atoms with Crippen molar-refractivity contribution in [3.8, 4) is 0 Å². The lowest BCUT2D eigenvalue weighted by atomic mass is 10.0. The maximum atomic E-state index is 12.6. The van der Waals surface area contributed by atoms with E-state index in [2.05, 4.69) is 24.0 Å². The number of hydrogen-bond acceptors (Lipinski definition) is 2. The third-order valence-electron chi connectivity index (χ3n) is 5.71. The zero-order valence-corrected chi connectivity index (χ0v) is 14.9. The molecule has 1 saturated carbocycles. The molecule has 26 heavy (non-hydrogen) atoms. The summed E-state index contributed by atoms with van der Waals surface area (Å²) in [6, 6.07) is 12.3. The molecule has 4 heteroatoms. The SMILES string of the molecule is CC1CC1c1ccc(/C=C/C(=O)N2CCc3[nH]c4ccccc4c3C2)o1. The molecule has 0 bridgehead atoms. The van der Waals surface area contributed by atoms with Crippen molar-refractivity contribution < 1.29 is 9.21 Å². The second kappa shape index (κ2) is 5.90. The molecule has 1 fully saturated rings. The van der Waals surface area contributed by atoms with Crippen LogP contribution in [0.3, 0.4) is 0 Å². The number of fused-ring (bicyclic) bond motifs is 3. The van der Waals surface area contributed by atoms with E-state index in [0.717, 1.165) is 35.9 Å². The molecule has 0 spiro atoms. The average molecular weight is 346 g/mol. The Hall–Kier alpha value is -2.75. The first kappa shape index (κ1) is 15.5. The number of H-pyrrole nitrogens is 1. The number of amides is 1. The van der Waals surface area contributed by atoms with Crippen LogP contribution in [0, 0.1) is 5.92 Å². The van der Waals surface area contributed by atoms with Gasteiger partial charge < -0.3 is 14.3 Å². The lowest BCUT2D eigenvalue weighted by Crippen LogP contribution is -2.34. The summed E-state index contributed by atoms with van der Waals surface area (Å²) < 4.78 is 5.85. The van der Waals surface area contributed by atoms with Gasteiger partial charge in [-0.1, -0.05) is 25.1 Å². The molecule has 0 saturated heterocycles. The summed E-state index contributed by atoms with van der Waals surface area (Å²) in [7, 11) is 0. The number of aromatic amines is 1. The molecule has 2 aromatic heterocycles. The molecular weight excluding hydrogens is 324 g/mol. The number of rotatable bonds is 3. The number of benzene rings is 1. The second-order valence-corrected chi connectivity index (χ2v) is 7.53. The van der Waals surface area contributed by atoms with E-state index in [-0.39, 0.29) is 5.91 Å². The van der Waals surface area contributed by atoms with Gasteiger partial charge in [0.05, 0.1) is 0 Å². The van der Waals surface area contributed by atoms with Crippen LogP contribution >= 0.6 is 0 Å². The Bertz CT molecular complexity index is 1010. The molecule has 2 unspecified atom stereocenters. The summed E-state index contributed by atoms with van der Waals surface area (Å²) in [5, 5.41) is 1.22. The molecule has 2 aliphatic rings. The van der Waals surface area contributed by atoms with Crippen LogP contribution in [-0.2, 0) is 17.8 Å². The predicted octanol–water partition coefficient (Wildman–Crippen LogP) is 4.48. The number of nitrogens with zero attached hydrogens (tertiary/aromatic N) is 1. The molecule has 3 heterocycles. The Morgan fingerprint density at radius 3 is 2.96 bits per heavy atom. The number of carbonyl (C=O) groups is 1. The van der Waals surface area contributed by atoms with Gasteiger partial charge in [0, 0.05) is 53.7 Å². The van der Waals surface area contributed by atoms with Gasteiger partial charge in [0.2, 0.25) is 5.91 Å². The van der Waals surface area contributed by atoms with Gasteiger partial charge in [-0.3, -0.25) is 4.79 Å². The highest BCUT2D eigenvalue weighted by Gasteiger charge is 2.36. The van der Waals surface area contributed by atoms with E-state index in [9.17, 15) is 4.79 Å². The van der Waals surface area contributed by atoms with Gasteiger partial charge >= 0.3 is 0 Å². The molecule has 1 aliphatic heterocycles. The Balaban J connectivity index is 1.31. The monoisotopic (exact) mass is 346 g/mol. The van der Waals surface area contributed by atoms with E-state index < -0.39 is 0 Å². The minimum absolute atomic E-state index is 0.0404. The number of nitrogens with one attached hydrogen (secondary N) is 1. The van der Waals surface area contributed by atoms with Crippen molar-refractivity contribution in [2.75, 3.05) is 6.54 Å². The summed E-state index contributed by atoms with van der Waals surface area (Å²) >= 11 is 0. The third-order valence-corrected chi connectivity index (χ3v) is 5.71. The van der Waals surface area contributed by atoms with Crippen LogP contribution in [-0.4, -0.2) is 22.3 Å². The number of aromatic nitrogens is 1. The molecule has 1 amide bonds. The van der Waals surface area contributed by atoms with Crippen molar-refractivity contribution in [3.63, 3.8) is 0 Å². The topological polar surface area (TPSA) is 49.2 Å². The van der Waals surface area contributed by atoms with Gasteiger partial charge in [-0.2, -0.15) is 0 Å². The largest absolute Gasteiger partial charge is 0.461 e. The zero-order valence-electron chi connectivity index (χ0n) is 14.9. The smallest absolute Gasteiger partial charge is 0.247 e. The zero-order chi connectivity index (χ0) is 17.7. The van der Waals surface area contributed by atoms with Crippen molar-refractivity contribution in [3.05, 3.63) is 65.3 Å². The normalized spacial score (nSPS) is 22.1. The summed E-state index contributed by atoms with van der Waals surface area (Å²) in [6.45, 7) is 3.64. The fraction of sp³-hybridized carbons (Fsp3) is 0.318. The molecule has 1 aromatic carbocycles. The van der Waals surface area contributed by atoms with Gasteiger partial charge in [-0.05, 0) is 36.6 Å². The predicted molar refractivity (Wildman–Crippen MR) is 102 cm³/mol. The van der Waals surface area contributed by atoms with Crippen LogP contribution in [0.5, 0.6) is 0 Å². The lowest BCUT2D eigenvalue weighted by molar-refractivity contribution is -0.126. The number of hydrogen-bond donors (Lipinski definition) is 1. The number of furan rings is 1. The highest BCUT2D eigenvalue weighted by atomic mass is 16.3. The van der Waals surface area contributed by atoms with Gasteiger partial charge in [0.15, 0.2) is 0 Å². The van der Waals surface area contributed by atoms with Crippen molar-refractivity contribution in [2.45, 2.75) is 32.2 Å². The maximum Gasteiger partial charge on any atom is 0.247 e. The molecule has 4 nitrogen and oxygen atoms in total. The van der Waals surface area contributed by atoms with E-state index >= 15 is 0 Å². The van der Waals surface area contributed by atoms with Crippen molar-refractivity contribution >= 4 is 22.9 Å². The van der Waals surface area contributed by atoms with Crippen LogP contribution in [0.1, 0.15) is 42.0 Å². The lowest BCUT2D eigenvalue weighted by Gasteiger charge is -2.26. The Morgan fingerprint density at radius 1 is 1.27 bits per heavy atom. The van der Waals surface area contributed by atoms with Gasteiger partial charge in [0.25, 0.3) is 0 Å². The van der Waals surface area contributed by atoms with Gasteiger partial charge in [0.1, 0.15) is 11.5 Å². The quantitative estimate of drug-likeness (QED) is 0.711. The van der Waals surface area contributed by atoms with Crippen LogP contribution in [0.2, 0.25) is 0 Å². The first-order chi connectivity index (χ1) is 12.7. The molecule has 132 valence electrons. The standard InChI is InChI=1S/C22H22N2O2/c1-14-12-17(14)21-8-6-15(26-21)7-9-22(25)24-11-10-20-18(13-24)16-4-2-3-5-19(16)23-20/h2-9,14,17,23H,10-13H2,1H3/b9-7+. The van der Waals surface area contributed by atoms with E-state index in [1.807, 2.05) is 29.2 Å². The highest BCUT2D eigenvalue weighted by Crippen LogP contribution is 2.47. The van der Waals surface area contributed by atoms with Crippen LogP contribution in [0.15, 0.2) is 46.9 Å². The molecule has 0 radical (unpaired) electrons. The third kappa shape index (κ3) is 2.66. The molecule has 2 atom stereocenters. The number of para-hydroxylation sites is 1. The van der Waals surface area contributed by atoms with Crippen LogP contribution < -0.4 is 0 Å². The first-order valence-corrected chi connectivity index (χ1v) is 9.34. The average Bonchev–Trinajstić information content (AvgIpc) is 3.09. The van der Waals surface area contributed by atoms with E-state index in [0.29, 0.717) is 12.5 Å². The van der Waals surface area contributed by atoms with Gasteiger partial charge in [-0.15, -0.1) is 0 Å². The van der Waals surface area contributed by atoms with E-state index in [4.69, 9.17) is 4.42 Å². The van der Waals surface area contributed by atoms with Crippen LogP contribution in [0.4, 0.5) is 0 Å². The molecule has 3 aromatic rings.